The topological polar surface area (TPSA) is 84.5 Å². The molecule has 3 aromatic rings. The molecule has 0 saturated heterocycles. The number of aryl methyl sites for hydroxylation is 2. The van der Waals surface area contributed by atoms with Gasteiger partial charge < -0.3 is 10.1 Å². The minimum Gasteiger partial charge on any atom is -0.496 e. The zero-order valence-electron chi connectivity index (χ0n) is 19.9. The van der Waals surface area contributed by atoms with Gasteiger partial charge in [-0.3, -0.25) is 9.52 Å². The van der Waals surface area contributed by atoms with Gasteiger partial charge in [0.1, 0.15) is 10.6 Å². The molecule has 0 heterocycles. The van der Waals surface area contributed by atoms with E-state index in [1.54, 1.807) is 19.2 Å². The Kier molecular flexibility index (Phi) is 7.89. The molecule has 3 rings (SSSR count). The highest BCUT2D eigenvalue weighted by molar-refractivity contribution is 7.92. The van der Waals surface area contributed by atoms with Crippen LogP contribution in [0, 0.1) is 20.8 Å². The lowest BCUT2D eigenvalue weighted by molar-refractivity contribution is 0.0935. The van der Waals surface area contributed by atoms with Gasteiger partial charge in [0.25, 0.3) is 15.9 Å². The smallest absolute Gasteiger partial charge is 0.263 e. The first-order valence-electron chi connectivity index (χ1n) is 10.9. The van der Waals surface area contributed by atoms with Gasteiger partial charge in [0, 0.05) is 5.56 Å². The number of nitrogens with one attached hydrogen (secondary N) is 2. The van der Waals surface area contributed by atoms with Gasteiger partial charge in [-0.1, -0.05) is 42.8 Å². The summed E-state index contributed by atoms with van der Waals surface area (Å²) in [5, 5.41) is 3.02. The van der Waals surface area contributed by atoms with Crippen LogP contribution in [-0.2, 0) is 10.0 Å². The molecule has 180 valence electrons. The molecule has 1 atom stereocenters. The minimum absolute atomic E-state index is 0.0344. The van der Waals surface area contributed by atoms with Crippen LogP contribution < -0.4 is 14.8 Å². The van der Waals surface area contributed by atoms with Crippen molar-refractivity contribution in [3.8, 4) is 5.75 Å². The molecule has 0 fully saturated rings. The van der Waals surface area contributed by atoms with Gasteiger partial charge in [0.05, 0.1) is 23.9 Å². The summed E-state index contributed by atoms with van der Waals surface area (Å²) in [6.45, 7) is 7.65. The van der Waals surface area contributed by atoms with E-state index in [0.717, 1.165) is 28.0 Å². The number of hydrogen-bond acceptors (Lipinski definition) is 4. The Morgan fingerprint density at radius 2 is 1.76 bits per heavy atom. The van der Waals surface area contributed by atoms with Crippen LogP contribution in [0.3, 0.4) is 0 Å². The van der Waals surface area contributed by atoms with Crippen LogP contribution in [0.2, 0.25) is 5.02 Å². The first-order chi connectivity index (χ1) is 16.1. The molecule has 2 N–H and O–H groups in total. The van der Waals surface area contributed by atoms with Gasteiger partial charge in [0.2, 0.25) is 0 Å². The quantitative estimate of drug-likeness (QED) is 0.400. The van der Waals surface area contributed by atoms with E-state index in [1.807, 2.05) is 52.0 Å². The summed E-state index contributed by atoms with van der Waals surface area (Å²) in [7, 11) is -2.40. The molecule has 8 heteroatoms. The van der Waals surface area contributed by atoms with Crippen molar-refractivity contribution in [3.63, 3.8) is 0 Å². The normalized spacial score (nSPS) is 12.2. The van der Waals surface area contributed by atoms with Crippen molar-refractivity contribution in [1.29, 1.82) is 0 Å². The fraction of sp³-hybridized carbons (Fsp3) is 0.269. The zero-order chi connectivity index (χ0) is 25.0. The number of anilines is 1. The molecule has 0 spiro atoms. The number of rotatable bonds is 8. The van der Waals surface area contributed by atoms with Gasteiger partial charge in [-0.05, 0) is 79.8 Å². The Hall–Kier alpha value is -3.03. The molecule has 3 aromatic carbocycles. The molecule has 0 aliphatic rings. The van der Waals surface area contributed by atoms with E-state index in [2.05, 4.69) is 10.0 Å². The molecule has 0 aromatic heterocycles. The van der Waals surface area contributed by atoms with Crippen molar-refractivity contribution in [2.24, 2.45) is 0 Å². The van der Waals surface area contributed by atoms with Crippen molar-refractivity contribution >= 4 is 33.2 Å². The summed E-state index contributed by atoms with van der Waals surface area (Å²) in [5.74, 6) is 0.383. The molecule has 1 amide bonds. The van der Waals surface area contributed by atoms with Crippen LogP contribution in [0.15, 0.2) is 59.5 Å². The van der Waals surface area contributed by atoms with E-state index in [1.165, 1.54) is 18.2 Å². The number of methoxy groups -OCH3 is 1. The molecule has 0 bridgehead atoms. The van der Waals surface area contributed by atoms with E-state index >= 15 is 0 Å². The predicted molar refractivity (Wildman–Crippen MR) is 136 cm³/mol. The van der Waals surface area contributed by atoms with Crippen molar-refractivity contribution < 1.29 is 17.9 Å². The molecule has 0 radical (unpaired) electrons. The second-order valence-electron chi connectivity index (χ2n) is 8.16. The average molecular weight is 501 g/mol. The van der Waals surface area contributed by atoms with Gasteiger partial charge >= 0.3 is 0 Å². The second-order valence-corrected chi connectivity index (χ2v) is 10.2. The fourth-order valence-corrected chi connectivity index (χ4v) is 5.34. The highest BCUT2D eigenvalue weighted by atomic mass is 35.5. The third kappa shape index (κ3) is 5.54. The number of ether oxygens (including phenoxy) is 1. The first-order valence-corrected chi connectivity index (χ1v) is 12.8. The van der Waals surface area contributed by atoms with Gasteiger partial charge in [-0.25, -0.2) is 8.42 Å². The third-order valence-electron chi connectivity index (χ3n) is 5.87. The maximum atomic E-state index is 13.1. The summed E-state index contributed by atoms with van der Waals surface area (Å²) in [6.07, 6.45) is 0.657. The van der Waals surface area contributed by atoms with Crippen molar-refractivity contribution in [1.82, 2.24) is 5.32 Å². The number of hydrogen-bond donors (Lipinski definition) is 2. The average Bonchev–Trinajstić information content (AvgIpc) is 2.80. The van der Waals surface area contributed by atoms with Gasteiger partial charge in [-0.15, -0.1) is 0 Å². The summed E-state index contributed by atoms with van der Waals surface area (Å²) in [6, 6.07) is 15.1. The summed E-state index contributed by atoms with van der Waals surface area (Å²) >= 11 is 6.23. The number of carbonyl (C=O) groups is 1. The SMILES string of the molecule is CCC(NC(=O)c1ccc(Cl)c(S(=O)(=O)Nc2cccc(C)c2C)c1)c1ccc(OC)c(C)c1. The molecule has 0 saturated carbocycles. The van der Waals surface area contributed by atoms with Crippen molar-refractivity contribution in [3.05, 3.63) is 87.4 Å². The lowest BCUT2D eigenvalue weighted by Gasteiger charge is -2.19. The third-order valence-corrected chi connectivity index (χ3v) is 7.71. The largest absolute Gasteiger partial charge is 0.496 e. The standard InChI is InChI=1S/C26H29ClN2O4S/c1-6-22(19-11-13-24(33-5)17(3)14-19)28-26(30)20-10-12-21(27)25(15-20)34(31,32)29-23-9-7-8-16(2)18(23)4/h7-15,22,29H,6H2,1-5H3,(H,28,30). The number of sulfonamides is 1. The molecule has 0 aliphatic heterocycles. The highest BCUT2D eigenvalue weighted by Gasteiger charge is 2.22. The van der Waals surface area contributed by atoms with E-state index in [-0.39, 0.29) is 27.4 Å². The van der Waals surface area contributed by atoms with Crippen molar-refractivity contribution in [2.75, 3.05) is 11.8 Å². The van der Waals surface area contributed by atoms with Crippen LogP contribution in [0.4, 0.5) is 5.69 Å². The van der Waals surface area contributed by atoms with Crippen LogP contribution >= 0.6 is 11.6 Å². The monoisotopic (exact) mass is 500 g/mol. The summed E-state index contributed by atoms with van der Waals surface area (Å²) in [5.41, 5.74) is 4.34. The molecule has 1 unspecified atom stereocenters. The maximum absolute atomic E-state index is 13.1. The van der Waals surface area contributed by atoms with E-state index in [9.17, 15) is 13.2 Å². The maximum Gasteiger partial charge on any atom is 0.263 e. The van der Waals surface area contributed by atoms with E-state index in [0.29, 0.717) is 12.1 Å². The molecular formula is C26H29ClN2O4S. The number of amides is 1. The van der Waals surface area contributed by atoms with Crippen LogP contribution in [-0.4, -0.2) is 21.4 Å². The number of halogens is 1. The lowest BCUT2D eigenvalue weighted by Crippen LogP contribution is -2.28. The highest BCUT2D eigenvalue weighted by Crippen LogP contribution is 2.28. The van der Waals surface area contributed by atoms with Crippen molar-refractivity contribution in [2.45, 2.75) is 45.1 Å². The molecule has 0 aliphatic carbocycles. The molecule has 6 nitrogen and oxygen atoms in total. The molecular weight excluding hydrogens is 472 g/mol. The van der Waals surface area contributed by atoms with Crippen LogP contribution in [0.5, 0.6) is 5.75 Å². The fourth-order valence-electron chi connectivity index (χ4n) is 3.69. The Balaban J connectivity index is 1.87. The lowest BCUT2D eigenvalue weighted by atomic mass is 10.0. The van der Waals surface area contributed by atoms with Gasteiger partial charge in [-0.2, -0.15) is 0 Å². The van der Waals surface area contributed by atoms with Crippen LogP contribution in [0.25, 0.3) is 0 Å². The Labute approximate surface area is 206 Å². The second kappa shape index (κ2) is 10.5. The number of benzene rings is 3. The Morgan fingerprint density at radius 3 is 2.41 bits per heavy atom. The van der Waals surface area contributed by atoms with Gasteiger partial charge in [0.15, 0.2) is 0 Å². The van der Waals surface area contributed by atoms with Crippen LogP contribution in [0.1, 0.15) is 52.0 Å². The molecule has 34 heavy (non-hydrogen) atoms. The zero-order valence-corrected chi connectivity index (χ0v) is 21.5. The summed E-state index contributed by atoms with van der Waals surface area (Å²) < 4.78 is 34.1. The first kappa shape index (κ1) is 25.6. The van der Waals surface area contributed by atoms with E-state index in [4.69, 9.17) is 16.3 Å². The number of carbonyl (C=O) groups excluding carboxylic acids is 1. The summed E-state index contributed by atoms with van der Waals surface area (Å²) in [4.78, 5) is 12.9. The Bertz CT molecular complexity index is 1320. The Morgan fingerprint density at radius 1 is 1.03 bits per heavy atom. The predicted octanol–water partition coefficient (Wildman–Crippen LogP) is 5.96. The van der Waals surface area contributed by atoms with E-state index < -0.39 is 10.0 Å². The minimum atomic E-state index is -4.01.